The largest absolute Gasteiger partial charge is 0.370 e. The highest BCUT2D eigenvalue weighted by Gasteiger charge is 2.33. The molecule has 1 fully saturated rings. The SMILES string of the molecule is O=C(C1CCCO1)C1CCCc2sccc21. The van der Waals surface area contributed by atoms with E-state index in [1.807, 2.05) is 0 Å². The monoisotopic (exact) mass is 236 g/mol. The molecule has 16 heavy (non-hydrogen) atoms. The molecule has 1 aromatic heterocycles. The van der Waals surface area contributed by atoms with Crippen molar-refractivity contribution in [3.05, 3.63) is 21.9 Å². The summed E-state index contributed by atoms with van der Waals surface area (Å²) in [6.07, 6.45) is 5.17. The lowest BCUT2D eigenvalue weighted by Gasteiger charge is -2.23. The average Bonchev–Trinajstić information content (AvgIpc) is 2.98. The van der Waals surface area contributed by atoms with Gasteiger partial charge in [-0.25, -0.2) is 0 Å². The van der Waals surface area contributed by atoms with Crippen LogP contribution in [0.5, 0.6) is 0 Å². The molecular weight excluding hydrogens is 220 g/mol. The molecule has 0 N–H and O–H groups in total. The fourth-order valence-corrected chi connectivity index (χ4v) is 3.80. The molecule has 0 aromatic carbocycles. The minimum Gasteiger partial charge on any atom is -0.370 e. The van der Waals surface area contributed by atoms with Crippen molar-refractivity contribution in [2.24, 2.45) is 0 Å². The Morgan fingerprint density at radius 1 is 1.38 bits per heavy atom. The van der Waals surface area contributed by atoms with Gasteiger partial charge in [0.1, 0.15) is 6.10 Å². The van der Waals surface area contributed by atoms with E-state index in [9.17, 15) is 4.79 Å². The van der Waals surface area contributed by atoms with E-state index in [2.05, 4.69) is 11.4 Å². The highest BCUT2D eigenvalue weighted by molar-refractivity contribution is 7.10. The van der Waals surface area contributed by atoms with Crippen LogP contribution in [0, 0.1) is 0 Å². The van der Waals surface area contributed by atoms with Crippen molar-refractivity contribution in [1.82, 2.24) is 0 Å². The molecule has 86 valence electrons. The molecule has 2 nitrogen and oxygen atoms in total. The van der Waals surface area contributed by atoms with Gasteiger partial charge in [0.05, 0.1) is 0 Å². The summed E-state index contributed by atoms with van der Waals surface area (Å²) in [5.74, 6) is 0.454. The molecule has 2 heterocycles. The van der Waals surface area contributed by atoms with Crippen LogP contribution in [0.2, 0.25) is 0 Å². The minimum atomic E-state index is -0.115. The fraction of sp³-hybridized carbons (Fsp3) is 0.615. The lowest BCUT2D eigenvalue weighted by Crippen LogP contribution is -2.28. The van der Waals surface area contributed by atoms with E-state index in [4.69, 9.17) is 4.74 Å². The third-order valence-corrected chi connectivity index (χ3v) is 4.64. The van der Waals surface area contributed by atoms with Gasteiger partial charge in [-0.15, -0.1) is 11.3 Å². The molecular formula is C13H16O2S. The van der Waals surface area contributed by atoms with Crippen molar-refractivity contribution >= 4 is 17.1 Å². The predicted molar refractivity (Wildman–Crippen MR) is 64.0 cm³/mol. The first-order chi connectivity index (χ1) is 7.86. The Bertz CT molecular complexity index is 390. The number of Topliss-reactive ketones (excluding diaryl/α,β-unsaturated/α-hetero) is 1. The van der Waals surface area contributed by atoms with E-state index in [1.54, 1.807) is 11.3 Å². The van der Waals surface area contributed by atoms with Crippen molar-refractivity contribution < 1.29 is 9.53 Å². The van der Waals surface area contributed by atoms with E-state index in [1.165, 1.54) is 10.4 Å². The van der Waals surface area contributed by atoms with Crippen LogP contribution >= 0.6 is 11.3 Å². The molecule has 3 heteroatoms. The zero-order valence-corrected chi connectivity index (χ0v) is 10.1. The first-order valence-electron chi connectivity index (χ1n) is 6.08. The number of hydrogen-bond donors (Lipinski definition) is 0. The van der Waals surface area contributed by atoms with Crippen LogP contribution in [-0.4, -0.2) is 18.5 Å². The maximum atomic E-state index is 12.3. The Morgan fingerprint density at radius 2 is 2.31 bits per heavy atom. The van der Waals surface area contributed by atoms with Gasteiger partial charge in [0.25, 0.3) is 0 Å². The van der Waals surface area contributed by atoms with E-state index in [0.29, 0.717) is 5.78 Å². The van der Waals surface area contributed by atoms with Gasteiger partial charge in [0.15, 0.2) is 5.78 Å². The number of ketones is 1. The molecule has 1 saturated heterocycles. The summed E-state index contributed by atoms with van der Waals surface area (Å²) in [5.41, 5.74) is 1.29. The molecule has 1 aliphatic carbocycles. The molecule has 0 spiro atoms. The van der Waals surface area contributed by atoms with Crippen molar-refractivity contribution in [3.8, 4) is 0 Å². The molecule has 1 aliphatic heterocycles. The highest BCUT2D eigenvalue weighted by Crippen LogP contribution is 2.37. The molecule has 0 saturated carbocycles. The number of thiophene rings is 1. The van der Waals surface area contributed by atoms with Crippen LogP contribution in [0.25, 0.3) is 0 Å². The van der Waals surface area contributed by atoms with Gasteiger partial charge in [-0.3, -0.25) is 4.79 Å². The topological polar surface area (TPSA) is 26.3 Å². The van der Waals surface area contributed by atoms with E-state index < -0.39 is 0 Å². The van der Waals surface area contributed by atoms with Crippen LogP contribution in [0.15, 0.2) is 11.4 Å². The van der Waals surface area contributed by atoms with Crippen molar-refractivity contribution in [3.63, 3.8) is 0 Å². The van der Waals surface area contributed by atoms with Gasteiger partial charge in [-0.05, 0) is 49.1 Å². The number of hydrogen-bond acceptors (Lipinski definition) is 3. The Morgan fingerprint density at radius 3 is 3.12 bits per heavy atom. The van der Waals surface area contributed by atoms with Gasteiger partial charge in [-0.2, -0.15) is 0 Å². The lowest BCUT2D eigenvalue weighted by atomic mass is 9.82. The summed E-state index contributed by atoms with van der Waals surface area (Å²) in [5, 5.41) is 2.12. The maximum Gasteiger partial charge on any atom is 0.169 e. The summed E-state index contributed by atoms with van der Waals surface area (Å²) >= 11 is 1.80. The Kier molecular flexibility index (Phi) is 2.82. The molecule has 0 bridgehead atoms. The number of aryl methyl sites for hydroxylation is 1. The van der Waals surface area contributed by atoms with Crippen LogP contribution < -0.4 is 0 Å². The van der Waals surface area contributed by atoms with E-state index in [0.717, 1.165) is 38.7 Å². The first kappa shape index (κ1) is 10.5. The summed E-state index contributed by atoms with van der Waals surface area (Å²) < 4.78 is 5.51. The van der Waals surface area contributed by atoms with Gasteiger partial charge in [0, 0.05) is 17.4 Å². The molecule has 0 amide bonds. The molecule has 2 atom stereocenters. The van der Waals surface area contributed by atoms with Crippen LogP contribution in [0.4, 0.5) is 0 Å². The zero-order chi connectivity index (χ0) is 11.0. The number of ether oxygens (including phenoxy) is 1. The predicted octanol–water partition coefficient (Wildman–Crippen LogP) is 2.92. The highest BCUT2D eigenvalue weighted by atomic mass is 32.1. The number of carbonyl (C=O) groups is 1. The third kappa shape index (κ3) is 1.72. The van der Waals surface area contributed by atoms with Crippen molar-refractivity contribution in [2.75, 3.05) is 6.61 Å². The Labute approximate surface area is 99.6 Å². The number of fused-ring (bicyclic) bond motifs is 1. The number of rotatable bonds is 2. The first-order valence-corrected chi connectivity index (χ1v) is 6.96. The van der Waals surface area contributed by atoms with Crippen LogP contribution in [-0.2, 0) is 16.0 Å². The Hall–Kier alpha value is -0.670. The second kappa shape index (κ2) is 4.30. The molecule has 3 rings (SSSR count). The quantitative estimate of drug-likeness (QED) is 0.789. The van der Waals surface area contributed by atoms with Crippen molar-refractivity contribution in [1.29, 1.82) is 0 Å². The van der Waals surface area contributed by atoms with Crippen LogP contribution in [0.1, 0.15) is 42.0 Å². The van der Waals surface area contributed by atoms with E-state index in [-0.39, 0.29) is 12.0 Å². The lowest BCUT2D eigenvalue weighted by molar-refractivity contribution is -0.129. The summed E-state index contributed by atoms with van der Waals surface area (Å²) in [7, 11) is 0. The summed E-state index contributed by atoms with van der Waals surface area (Å²) in [6, 6.07) is 2.14. The summed E-state index contributed by atoms with van der Waals surface area (Å²) in [6.45, 7) is 0.764. The number of carbonyl (C=O) groups excluding carboxylic acids is 1. The van der Waals surface area contributed by atoms with Crippen LogP contribution in [0.3, 0.4) is 0 Å². The zero-order valence-electron chi connectivity index (χ0n) is 9.28. The fourth-order valence-electron chi connectivity index (χ4n) is 2.81. The second-order valence-corrected chi connectivity index (χ2v) is 5.65. The average molecular weight is 236 g/mol. The van der Waals surface area contributed by atoms with Gasteiger partial charge in [0.2, 0.25) is 0 Å². The van der Waals surface area contributed by atoms with Gasteiger partial charge in [-0.1, -0.05) is 0 Å². The molecule has 2 aliphatic rings. The maximum absolute atomic E-state index is 12.3. The van der Waals surface area contributed by atoms with Gasteiger partial charge < -0.3 is 4.74 Å². The standard InChI is InChI=1S/C13H16O2S/c14-13(11-4-2-7-15-11)10-3-1-5-12-9(10)6-8-16-12/h6,8,10-11H,1-5,7H2. The molecule has 1 aromatic rings. The molecule has 0 radical (unpaired) electrons. The van der Waals surface area contributed by atoms with Gasteiger partial charge >= 0.3 is 0 Å². The third-order valence-electron chi connectivity index (χ3n) is 3.64. The minimum absolute atomic E-state index is 0.115. The van der Waals surface area contributed by atoms with E-state index >= 15 is 0 Å². The Balaban J connectivity index is 1.83. The summed E-state index contributed by atoms with van der Waals surface area (Å²) in [4.78, 5) is 13.8. The molecule has 2 unspecified atom stereocenters. The normalized spacial score (nSPS) is 29.0. The smallest absolute Gasteiger partial charge is 0.169 e. The van der Waals surface area contributed by atoms with Crippen molar-refractivity contribution in [2.45, 2.75) is 44.1 Å². The second-order valence-electron chi connectivity index (χ2n) is 4.65.